The maximum absolute atomic E-state index is 11.9. The fourth-order valence-electron chi connectivity index (χ4n) is 1.58. The molecule has 142 valence electrons. The van der Waals surface area contributed by atoms with Crippen molar-refractivity contribution in [1.82, 2.24) is 4.72 Å². The van der Waals surface area contributed by atoms with Gasteiger partial charge in [0.1, 0.15) is 5.75 Å². The third-order valence-corrected chi connectivity index (χ3v) is 4.14. The molecule has 0 aromatic heterocycles. The van der Waals surface area contributed by atoms with Crippen LogP contribution >= 0.6 is 0 Å². The van der Waals surface area contributed by atoms with Crippen molar-refractivity contribution < 1.29 is 36.2 Å². The SMILES string of the molecule is O=C(O)CCNS(=O)(=O)c1ccc(OC(F)(F)F)cc1.c1ccccc1. The monoisotopic (exact) mass is 391 g/mol. The second-order valence-corrected chi connectivity index (χ2v) is 6.48. The highest BCUT2D eigenvalue weighted by molar-refractivity contribution is 7.89. The van der Waals surface area contributed by atoms with E-state index in [1.165, 1.54) is 0 Å². The number of sulfonamides is 1. The number of carboxylic acid groups (broad SMARTS) is 1. The lowest BCUT2D eigenvalue weighted by Gasteiger charge is -2.09. The van der Waals surface area contributed by atoms with Gasteiger partial charge in [0.2, 0.25) is 10.0 Å². The largest absolute Gasteiger partial charge is 0.573 e. The summed E-state index contributed by atoms with van der Waals surface area (Å²) in [7, 11) is -3.97. The van der Waals surface area contributed by atoms with Crippen LogP contribution < -0.4 is 9.46 Å². The predicted molar refractivity (Wildman–Crippen MR) is 87.0 cm³/mol. The molecule has 2 aromatic rings. The van der Waals surface area contributed by atoms with E-state index in [4.69, 9.17) is 5.11 Å². The summed E-state index contributed by atoms with van der Waals surface area (Å²) in [5.74, 6) is -1.73. The molecule has 0 fully saturated rings. The van der Waals surface area contributed by atoms with E-state index in [2.05, 4.69) is 4.74 Å². The molecule has 26 heavy (non-hydrogen) atoms. The van der Waals surface area contributed by atoms with Crippen LogP contribution in [0.5, 0.6) is 5.75 Å². The highest BCUT2D eigenvalue weighted by Gasteiger charge is 2.31. The van der Waals surface area contributed by atoms with Crippen molar-refractivity contribution in [2.75, 3.05) is 6.54 Å². The lowest BCUT2D eigenvalue weighted by Crippen LogP contribution is -2.26. The second-order valence-electron chi connectivity index (χ2n) is 4.72. The summed E-state index contributed by atoms with van der Waals surface area (Å²) in [5, 5.41) is 8.37. The van der Waals surface area contributed by atoms with Gasteiger partial charge >= 0.3 is 12.3 Å². The molecule has 0 atom stereocenters. The molecule has 0 aliphatic carbocycles. The van der Waals surface area contributed by atoms with Gasteiger partial charge in [-0.05, 0) is 24.3 Å². The molecule has 10 heteroatoms. The van der Waals surface area contributed by atoms with Gasteiger partial charge in [0.25, 0.3) is 0 Å². The first-order valence-electron chi connectivity index (χ1n) is 7.17. The highest BCUT2D eigenvalue weighted by atomic mass is 32.2. The number of nitrogens with one attached hydrogen (secondary N) is 1. The van der Waals surface area contributed by atoms with E-state index >= 15 is 0 Å². The van der Waals surface area contributed by atoms with E-state index in [1.54, 1.807) is 0 Å². The van der Waals surface area contributed by atoms with E-state index in [0.717, 1.165) is 24.3 Å². The summed E-state index contributed by atoms with van der Waals surface area (Å²) in [6.07, 6.45) is -5.27. The number of rotatable bonds is 6. The molecule has 0 saturated carbocycles. The predicted octanol–water partition coefficient (Wildman–Crippen LogP) is 3.02. The zero-order valence-corrected chi connectivity index (χ0v) is 14.1. The number of carbonyl (C=O) groups is 1. The Kier molecular flexibility index (Phi) is 8.07. The molecule has 0 radical (unpaired) electrons. The number of halogens is 3. The molecule has 2 aromatic carbocycles. The number of benzene rings is 2. The van der Waals surface area contributed by atoms with E-state index in [0.29, 0.717) is 0 Å². The molecule has 2 rings (SSSR count). The Hall–Kier alpha value is -2.59. The summed E-state index contributed by atoms with van der Waals surface area (Å²) in [6.45, 7) is -0.321. The molecule has 0 aliphatic rings. The number of ether oxygens (including phenoxy) is 1. The second kappa shape index (κ2) is 9.78. The third kappa shape index (κ3) is 9.04. The van der Waals surface area contributed by atoms with Crippen molar-refractivity contribution in [1.29, 1.82) is 0 Å². The summed E-state index contributed by atoms with van der Waals surface area (Å²) in [6, 6.07) is 15.5. The summed E-state index contributed by atoms with van der Waals surface area (Å²) in [5.41, 5.74) is 0. The molecule has 6 nitrogen and oxygen atoms in total. The number of aliphatic carboxylic acids is 1. The first-order valence-corrected chi connectivity index (χ1v) is 8.66. The maximum Gasteiger partial charge on any atom is 0.573 e. The molecular formula is C16H16F3NO5S. The zero-order valence-electron chi connectivity index (χ0n) is 13.3. The maximum atomic E-state index is 11.9. The van der Waals surface area contributed by atoms with Crippen LogP contribution in [0.4, 0.5) is 13.2 Å². The summed E-state index contributed by atoms with van der Waals surface area (Å²) in [4.78, 5) is 9.95. The van der Waals surface area contributed by atoms with Crippen LogP contribution in [0, 0.1) is 0 Å². The third-order valence-electron chi connectivity index (χ3n) is 2.67. The van der Waals surface area contributed by atoms with Gasteiger partial charge in [-0.2, -0.15) is 0 Å². The quantitative estimate of drug-likeness (QED) is 0.790. The Morgan fingerprint density at radius 1 is 1.00 bits per heavy atom. The topological polar surface area (TPSA) is 92.7 Å². The van der Waals surface area contributed by atoms with E-state index in [-0.39, 0.29) is 11.4 Å². The molecule has 0 aliphatic heterocycles. The fourth-order valence-corrected chi connectivity index (χ4v) is 2.61. The van der Waals surface area contributed by atoms with Crippen molar-refractivity contribution in [3.63, 3.8) is 0 Å². The van der Waals surface area contributed by atoms with Gasteiger partial charge in [-0.1, -0.05) is 36.4 Å². The van der Waals surface area contributed by atoms with Crippen LogP contribution in [0.25, 0.3) is 0 Å². The van der Waals surface area contributed by atoms with E-state index in [1.807, 2.05) is 41.1 Å². The van der Waals surface area contributed by atoms with Crippen molar-refractivity contribution in [2.45, 2.75) is 17.7 Å². The number of hydrogen-bond acceptors (Lipinski definition) is 4. The van der Waals surface area contributed by atoms with Crippen LogP contribution in [0.1, 0.15) is 6.42 Å². The molecule has 0 amide bonds. The van der Waals surface area contributed by atoms with Crippen LogP contribution in [-0.4, -0.2) is 32.4 Å². The Morgan fingerprint density at radius 2 is 1.46 bits per heavy atom. The Morgan fingerprint density at radius 3 is 1.85 bits per heavy atom. The minimum absolute atomic E-state index is 0.294. The van der Waals surface area contributed by atoms with Crippen molar-refractivity contribution in [3.05, 3.63) is 60.7 Å². The number of hydrogen-bond donors (Lipinski definition) is 2. The molecule has 0 spiro atoms. The highest BCUT2D eigenvalue weighted by Crippen LogP contribution is 2.23. The van der Waals surface area contributed by atoms with Gasteiger partial charge < -0.3 is 9.84 Å². The van der Waals surface area contributed by atoms with Crippen LogP contribution in [0.2, 0.25) is 0 Å². The van der Waals surface area contributed by atoms with Gasteiger partial charge in [0.15, 0.2) is 0 Å². The Balaban J connectivity index is 0.000000472. The van der Waals surface area contributed by atoms with Gasteiger partial charge in [0, 0.05) is 6.54 Å². The van der Waals surface area contributed by atoms with E-state index in [9.17, 15) is 26.4 Å². The average molecular weight is 391 g/mol. The lowest BCUT2D eigenvalue weighted by atomic mass is 10.3. The van der Waals surface area contributed by atoms with Gasteiger partial charge in [-0.25, -0.2) is 13.1 Å². The summed E-state index contributed by atoms with van der Waals surface area (Å²) >= 11 is 0. The molecule has 0 bridgehead atoms. The standard InChI is InChI=1S/C10H10F3NO5S.C6H6/c11-10(12,13)19-7-1-3-8(4-2-7)20(17,18)14-6-5-9(15)16;1-2-4-6-5-3-1/h1-4,14H,5-6H2,(H,15,16);1-6H. The van der Waals surface area contributed by atoms with Gasteiger partial charge in [0.05, 0.1) is 11.3 Å². The van der Waals surface area contributed by atoms with E-state index < -0.39 is 34.5 Å². The van der Waals surface area contributed by atoms with Crippen molar-refractivity contribution >= 4 is 16.0 Å². The Labute approximate surface area is 148 Å². The average Bonchev–Trinajstić information content (AvgIpc) is 2.55. The molecular weight excluding hydrogens is 375 g/mol. The lowest BCUT2D eigenvalue weighted by molar-refractivity contribution is -0.274. The number of carboxylic acids is 1. The van der Waals surface area contributed by atoms with Crippen molar-refractivity contribution in [3.8, 4) is 5.75 Å². The first kappa shape index (κ1) is 21.5. The first-order chi connectivity index (χ1) is 12.1. The zero-order chi connectivity index (χ0) is 19.6. The normalized spacial score (nSPS) is 11.2. The van der Waals surface area contributed by atoms with Crippen LogP contribution in [0.3, 0.4) is 0 Å². The van der Waals surface area contributed by atoms with Crippen molar-refractivity contribution in [2.24, 2.45) is 0 Å². The van der Waals surface area contributed by atoms with Crippen LogP contribution in [0.15, 0.2) is 65.6 Å². The smallest absolute Gasteiger partial charge is 0.481 e. The summed E-state index contributed by atoms with van der Waals surface area (Å²) < 4.78 is 64.6. The molecule has 0 heterocycles. The minimum Gasteiger partial charge on any atom is -0.481 e. The Bertz CT molecular complexity index is 751. The molecule has 2 N–H and O–H groups in total. The minimum atomic E-state index is -4.86. The molecule has 0 saturated heterocycles. The fraction of sp³-hybridized carbons (Fsp3) is 0.188. The van der Waals surface area contributed by atoms with Gasteiger partial charge in [-0.3, -0.25) is 4.79 Å². The molecule has 0 unspecified atom stereocenters. The van der Waals surface area contributed by atoms with Crippen LogP contribution in [-0.2, 0) is 14.8 Å². The van der Waals surface area contributed by atoms with Gasteiger partial charge in [-0.15, -0.1) is 13.2 Å². The number of alkyl halides is 3.